The van der Waals surface area contributed by atoms with E-state index in [0.29, 0.717) is 0 Å². The zero-order valence-electron chi connectivity index (χ0n) is 11.6. The third-order valence-corrected chi connectivity index (χ3v) is 3.26. The van der Waals surface area contributed by atoms with Crippen LogP contribution in [-0.4, -0.2) is 6.21 Å². The molecule has 0 aromatic heterocycles. The van der Waals surface area contributed by atoms with Gasteiger partial charge in [0.25, 0.3) is 0 Å². The zero-order valence-corrected chi connectivity index (χ0v) is 11.6. The molecule has 0 amide bonds. The zero-order chi connectivity index (χ0) is 12.6. The maximum Gasteiger partial charge on any atom is 0.338 e. The first-order chi connectivity index (χ1) is 8.41. The summed E-state index contributed by atoms with van der Waals surface area (Å²) in [7, 11) is 0. The Balaban J connectivity index is 2.91. The van der Waals surface area contributed by atoms with Crippen LogP contribution >= 0.6 is 0 Å². The highest BCUT2D eigenvalue weighted by molar-refractivity contribution is 5.54. The van der Waals surface area contributed by atoms with Crippen LogP contribution in [0.1, 0.15) is 90.4 Å². The van der Waals surface area contributed by atoms with Gasteiger partial charge in [0.2, 0.25) is 4.85 Å². The van der Waals surface area contributed by atoms with Gasteiger partial charge in [-0.3, -0.25) is 0 Å². The molecule has 0 atom stereocenters. The molecule has 0 aromatic carbocycles. The van der Waals surface area contributed by atoms with Crippen molar-refractivity contribution in [3.63, 3.8) is 0 Å². The van der Waals surface area contributed by atoms with Crippen LogP contribution in [0.25, 0.3) is 0 Å². The molecule has 0 saturated carbocycles. The average molecular weight is 240 g/mol. The van der Waals surface area contributed by atoms with Crippen molar-refractivity contribution in [2.24, 2.45) is 0 Å². The van der Waals surface area contributed by atoms with Crippen LogP contribution in [0.4, 0.5) is 0 Å². The summed E-state index contributed by atoms with van der Waals surface area (Å²) in [5, 5.41) is 0. The predicted octanol–water partition coefficient (Wildman–Crippen LogP) is 4.98. The normalized spacial score (nSPS) is 10.2. The molecular weight excluding hydrogens is 210 g/mol. The Kier molecular flexibility index (Phi) is 14.8. The fraction of sp³-hybridized carbons (Fsp3) is 0.933. The smallest absolute Gasteiger partial charge is 0.0654 e. The summed E-state index contributed by atoms with van der Waals surface area (Å²) < 4.78 is 0. The first-order valence-electron chi connectivity index (χ1n) is 7.56. The van der Waals surface area contributed by atoms with E-state index in [1.807, 2.05) is 0 Å². The van der Waals surface area contributed by atoms with E-state index in [2.05, 4.69) is 11.8 Å². The predicted molar refractivity (Wildman–Crippen MR) is 77.3 cm³/mol. The summed E-state index contributed by atoms with van der Waals surface area (Å²) in [5.74, 6) is 0. The maximum atomic E-state index is 9.80. The number of unbranched alkanes of at least 4 members (excludes halogenated alkanes) is 12. The van der Waals surface area contributed by atoms with Crippen LogP contribution in [0.3, 0.4) is 0 Å². The van der Waals surface area contributed by atoms with Crippen molar-refractivity contribution in [1.82, 2.24) is 4.85 Å². The second-order valence-corrected chi connectivity index (χ2v) is 4.97. The average Bonchev–Trinajstić information content (AvgIpc) is 2.35. The summed E-state index contributed by atoms with van der Waals surface area (Å²) in [6.45, 7) is 2.27. The molecule has 0 fully saturated rings. The van der Waals surface area contributed by atoms with Gasteiger partial charge in [0, 0.05) is 6.42 Å². The molecule has 0 rings (SSSR count). The standard InChI is InChI=1S/C15H30NO/c1-2-3-4-5-6-7-8-9-10-11-12-13-14-15-16-17/h15H,2-14H2,1H3/q+1. The molecule has 0 aliphatic carbocycles. The third kappa shape index (κ3) is 15.4. The van der Waals surface area contributed by atoms with Crippen LogP contribution in [0.2, 0.25) is 0 Å². The van der Waals surface area contributed by atoms with Crippen molar-refractivity contribution in [1.29, 1.82) is 0 Å². The highest BCUT2D eigenvalue weighted by atomic mass is 16.2. The molecule has 100 valence electrons. The van der Waals surface area contributed by atoms with Gasteiger partial charge in [-0.15, -0.1) is 0 Å². The fourth-order valence-electron chi connectivity index (χ4n) is 2.13. The van der Waals surface area contributed by atoms with Crippen LogP contribution < -0.4 is 4.85 Å². The van der Waals surface area contributed by atoms with Crippen molar-refractivity contribution < 1.29 is 0 Å². The molecule has 0 saturated heterocycles. The lowest BCUT2D eigenvalue weighted by Crippen LogP contribution is -1.83. The minimum atomic E-state index is 0.862. The number of nitrogens with zero attached hydrogens (tertiary/aromatic N) is 1. The van der Waals surface area contributed by atoms with Crippen LogP contribution in [0.5, 0.6) is 0 Å². The molecule has 0 aromatic rings. The second kappa shape index (κ2) is 15.4. The molecule has 2 nitrogen and oxygen atoms in total. The molecule has 0 radical (unpaired) electrons. The minimum absolute atomic E-state index is 0.862. The van der Waals surface area contributed by atoms with Crippen LogP contribution in [-0.2, 0) is 0 Å². The Morgan fingerprint density at radius 2 is 1.12 bits per heavy atom. The molecule has 0 N–H and O–H groups in total. The summed E-state index contributed by atoms with van der Waals surface area (Å²) >= 11 is 0. The number of nitroso groups, excluding NO2 is 1. The lowest BCUT2D eigenvalue weighted by Gasteiger charge is -2.01. The van der Waals surface area contributed by atoms with Crippen molar-refractivity contribution in [3.05, 3.63) is 4.91 Å². The van der Waals surface area contributed by atoms with Crippen molar-refractivity contribution in [3.8, 4) is 0 Å². The summed E-state index contributed by atoms with van der Waals surface area (Å²) in [4.78, 5) is 12.6. The van der Waals surface area contributed by atoms with Gasteiger partial charge in [0.15, 0.2) is 4.91 Å². The maximum absolute atomic E-state index is 9.80. The lowest BCUT2D eigenvalue weighted by molar-refractivity contribution is 0.546. The first-order valence-corrected chi connectivity index (χ1v) is 7.56. The van der Waals surface area contributed by atoms with Gasteiger partial charge in [0.1, 0.15) is 0 Å². The summed E-state index contributed by atoms with van der Waals surface area (Å²) in [6, 6.07) is 0. The number of hydrogen-bond acceptors (Lipinski definition) is 1. The van der Waals surface area contributed by atoms with Gasteiger partial charge in [0.05, 0.1) is 0 Å². The highest BCUT2D eigenvalue weighted by Gasteiger charge is 1.94. The van der Waals surface area contributed by atoms with E-state index >= 15 is 0 Å². The highest BCUT2D eigenvalue weighted by Crippen LogP contribution is 2.11. The Labute approximate surface area is 107 Å². The molecular formula is C15H30NO+. The quantitative estimate of drug-likeness (QED) is 0.254. The molecule has 17 heavy (non-hydrogen) atoms. The molecule has 0 bridgehead atoms. The van der Waals surface area contributed by atoms with Gasteiger partial charge in [-0.05, 0) is 6.42 Å². The molecule has 0 heterocycles. The van der Waals surface area contributed by atoms with E-state index in [9.17, 15) is 4.91 Å². The number of hydrogen-bond donors (Lipinski definition) is 0. The Hall–Kier alpha value is -0.620. The summed E-state index contributed by atoms with van der Waals surface area (Å²) in [5.41, 5.74) is 0. The molecule has 0 aliphatic heterocycles. The lowest BCUT2D eigenvalue weighted by atomic mass is 10.0. The van der Waals surface area contributed by atoms with E-state index in [0.717, 1.165) is 12.8 Å². The van der Waals surface area contributed by atoms with Crippen LogP contribution in [0, 0.1) is 4.91 Å². The topological polar surface area (TPSA) is 31.2 Å². The first kappa shape index (κ1) is 16.4. The summed E-state index contributed by atoms with van der Waals surface area (Å²) in [6.07, 6.45) is 18.7. The minimum Gasteiger partial charge on any atom is -0.0654 e. The van der Waals surface area contributed by atoms with Crippen LogP contribution in [0.15, 0.2) is 0 Å². The van der Waals surface area contributed by atoms with Crippen molar-refractivity contribution in [2.75, 3.05) is 0 Å². The van der Waals surface area contributed by atoms with E-state index in [1.54, 1.807) is 0 Å². The van der Waals surface area contributed by atoms with E-state index in [4.69, 9.17) is 0 Å². The Morgan fingerprint density at radius 3 is 1.53 bits per heavy atom. The molecule has 0 spiro atoms. The van der Waals surface area contributed by atoms with E-state index in [-0.39, 0.29) is 0 Å². The molecule has 0 unspecified atom stereocenters. The van der Waals surface area contributed by atoms with Gasteiger partial charge < -0.3 is 0 Å². The second-order valence-electron chi connectivity index (χ2n) is 4.97. The SMILES string of the molecule is CCCCCCCCCCCCCCC=[N+]=O. The number of rotatable bonds is 13. The van der Waals surface area contributed by atoms with Gasteiger partial charge in [-0.25, -0.2) is 0 Å². The van der Waals surface area contributed by atoms with E-state index < -0.39 is 0 Å². The largest absolute Gasteiger partial charge is 0.338 e. The Bertz CT molecular complexity index is 185. The van der Waals surface area contributed by atoms with E-state index in [1.165, 1.54) is 76.8 Å². The van der Waals surface area contributed by atoms with Crippen molar-refractivity contribution >= 4 is 6.21 Å². The van der Waals surface area contributed by atoms with Gasteiger partial charge in [-0.1, -0.05) is 77.6 Å². The monoisotopic (exact) mass is 240 g/mol. The molecule has 0 aliphatic rings. The van der Waals surface area contributed by atoms with Gasteiger partial charge >= 0.3 is 6.21 Å². The van der Waals surface area contributed by atoms with Gasteiger partial charge in [-0.2, -0.15) is 0 Å². The van der Waals surface area contributed by atoms with Crippen molar-refractivity contribution in [2.45, 2.75) is 90.4 Å². The fourth-order valence-corrected chi connectivity index (χ4v) is 2.13. The Morgan fingerprint density at radius 1 is 0.706 bits per heavy atom. The third-order valence-electron chi connectivity index (χ3n) is 3.26. The molecule has 2 heteroatoms.